The Labute approximate surface area is 175 Å². The normalized spacial score (nSPS) is 23.8. The Bertz CT molecular complexity index is 929. The molecule has 0 saturated heterocycles. The summed E-state index contributed by atoms with van der Waals surface area (Å²) in [6, 6.07) is -1.48. The van der Waals surface area contributed by atoms with E-state index < -0.39 is 68.0 Å². The lowest BCUT2D eigenvalue weighted by Crippen LogP contribution is -2.48. The van der Waals surface area contributed by atoms with E-state index in [1.165, 1.54) is 0 Å². The van der Waals surface area contributed by atoms with Gasteiger partial charge in [0.05, 0.1) is 10.6 Å². The van der Waals surface area contributed by atoms with Gasteiger partial charge in [-0.05, 0) is 17.8 Å². The zero-order valence-electron chi connectivity index (χ0n) is 13.7. The van der Waals surface area contributed by atoms with Crippen LogP contribution in [0.5, 0.6) is 0 Å². The molecule has 3 atom stereocenters. The van der Waals surface area contributed by atoms with Gasteiger partial charge < -0.3 is 5.11 Å². The van der Waals surface area contributed by atoms with Gasteiger partial charge in [0.1, 0.15) is 12.1 Å². The van der Waals surface area contributed by atoms with Crippen molar-refractivity contribution in [2.24, 2.45) is 0 Å². The minimum absolute atomic E-state index is 0.242. The average Bonchev–Trinajstić information content (AvgIpc) is 2.88. The van der Waals surface area contributed by atoms with Crippen LogP contribution in [0.1, 0.15) is 23.5 Å². The van der Waals surface area contributed by atoms with Gasteiger partial charge in [-0.25, -0.2) is 0 Å². The number of thioether (sulfide) groups is 1. The molecule has 1 heterocycles. The molecule has 0 aliphatic heterocycles. The van der Waals surface area contributed by atoms with E-state index in [1.54, 1.807) is 0 Å². The number of alkyl halides is 10. The fraction of sp³-hybridized carbons (Fsp3) is 0.429. The van der Waals surface area contributed by atoms with Gasteiger partial charge in [-0.1, -0.05) is 23.8 Å². The number of aliphatic hydroxyl groups excluding tert-OH is 1. The summed E-state index contributed by atoms with van der Waals surface area (Å²) in [5.74, 6) is 0. The third kappa shape index (κ3) is 4.53. The van der Waals surface area contributed by atoms with Gasteiger partial charge in [0, 0.05) is 5.03 Å². The lowest BCUT2D eigenvalue weighted by atomic mass is 9.92. The first kappa shape index (κ1) is 24.7. The number of halogens is 11. The minimum atomic E-state index is -5.63. The van der Waals surface area contributed by atoms with Gasteiger partial charge in [0.2, 0.25) is 0 Å². The summed E-state index contributed by atoms with van der Waals surface area (Å²) >= 11 is 10.1. The highest BCUT2D eigenvalue weighted by atomic mass is 35.5. The number of nitrogens with zero attached hydrogens (tertiary/aromatic N) is 3. The van der Waals surface area contributed by atoms with Gasteiger partial charge in [-0.3, -0.25) is 4.68 Å². The summed E-state index contributed by atoms with van der Waals surface area (Å²) in [6.07, 6.45) is -12.9. The summed E-state index contributed by atoms with van der Waals surface area (Å²) in [5.41, 5.74) is -8.34. The molecule has 0 aromatic carbocycles. The molecule has 3 unspecified atom stereocenters. The molecule has 2 rings (SSSR count). The standard InChI is InChI=1S/C14H6Cl2F9N3OS/c15-5-2-1-3-11(16,13(20,21)22)9(5)28-7(10(29)12(17,18)19)8(6(4-26)27-28)30-14(23,24)25/h1-3,9-10,29H. The van der Waals surface area contributed by atoms with E-state index in [4.69, 9.17) is 28.5 Å². The second kappa shape index (κ2) is 7.85. The number of rotatable bonds is 3. The van der Waals surface area contributed by atoms with Crippen molar-refractivity contribution in [3.05, 3.63) is 34.6 Å². The Morgan fingerprint density at radius 3 is 2.20 bits per heavy atom. The van der Waals surface area contributed by atoms with Gasteiger partial charge >= 0.3 is 17.9 Å². The van der Waals surface area contributed by atoms with Crippen molar-refractivity contribution in [3.63, 3.8) is 0 Å². The summed E-state index contributed by atoms with van der Waals surface area (Å²) in [5, 5.41) is 20.9. The van der Waals surface area contributed by atoms with Crippen LogP contribution >= 0.6 is 35.0 Å². The molecule has 16 heteroatoms. The molecule has 1 aromatic rings. The van der Waals surface area contributed by atoms with Crippen molar-refractivity contribution in [1.29, 1.82) is 5.26 Å². The van der Waals surface area contributed by atoms with Crippen LogP contribution in [0.15, 0.2) is 28.2 Å². The van der Waals surface area contributed by atoms with E-state index in [9.17, 15) is 44.6 Å². The summed E-state index contributed by atoms with van der Waals surface area (Å²) in [6.45, 7) is 0. The van der Waals surface area contributed by atoms with E-state index >= 15 is 0 Å². The van der Waals surface area contributed by atoms with Gasteiger partial charge in [-0.2, -0.15) is 49.9 Å². The monoisotopic (exact) mass is 505 g/mol. The summed E-state index contributed by atoms with van der Waals surface area (Å²) in [4.78, 5) is -5.08. The third-order valence-electron chi connectivity index (χ3n) is 3.73. The van der Waals surface area contributed by atoms with Crippen LogP contribution in [0.25, 0.3) is 0 Å². The molecular formula is C14H6Cl2F9N3OS. The smallest absolute Gasteiger partial charge is 0.378 e. The number of hydrogen-bond donors (Lipinski definition) is 1. The molecular weight excluding hydrogens is 500 g/mol. The SMILES string of the molecule is N#Cc1nn(C2C(Cl)=CC=CC2(Cl)C(F)(F)F)c(C(O)C(F)(F)F)c1SC(F)(F)F. The van der Waals surface area contributed by atoms with Gasteiger partial charge in [0.15, 0.2) is 16.7 Å². The van der Waals surface area contributed by atoms with E-state index in [-0.39, 0.29) is 4.68 Å². The first-order chi connectivity index (χ1) is 13.4. The van der Waals surface area contributed by atoms with Crippen molar-refractivity contribution in [2.45, 2.75) is 39.8 Å². The maximum absolute atomic E-state index is 13.6. The minimum Gasteiger partial charge on any atom is -0.378 e. The number of aromatic nitrogens is 2. The van der Waals surface area contributed by atoms with E-state index in [1.807, 2.05) is 0 Å². The van der Waals surface area contributed by atoms with Crippen LogP contribution in [0, 0.1) is 11.3 Å². The van der Waals surface area contributed by atoms with Crippen LogP contribution in [0.4, 0.5) is 39.5 Å². The first-order valence-electron chi connectivity index (χ1n) is 7.27. The van der Waals surface area contributed by atoms with Crippen molar-refractivity contribution in [3.8, 4) is 6.07 Å². The van der Waals surface area contributed by atoms with E-state index in [0.29, 0.717) is 6.08 Å². The number of hydrogen-bond acceptors (Lipinski definition) is 4. The zero-order valence-corrected chi connectivity index (χ0v) is 16.1. The van der Waals surface area contributed by atoms with Crippen LogP contribution < -0.4 is 0 Å². The number of nitriles is 1. The van der Waals surface area contributed by atoms with Gasteiger partial charge in [-0.15, -0.1) is 11.6 Å². The quantitative estimate of drug-likeness (QED) is 0.323. The molecule has 0 radical (unpaired) electrons. The maximum Gasteiger partial charge on any atom is 0.446 e. The summed E-state index contributed by atoms with van der Waals surface area (Å²) < 4.78 is 119. The Morgan fingerprint density at radius 1 is 1.20 bits per heavy atom. The molecule has 4 nitrogen and oxygen atoms in total. The fourth-order valence-corrected chi connectivity index (χ4v) is 3.93. The highest BCUT2D eigenvalue weighted by molar-refractivity contribution is 8.00. The predicted molar refractivity (Wildman–Crippen MR) is 86.6 cm³/mol. The average molecular weight is 506 g/mol. The molecule has 0 amide bonds. The van der Waals surface area contributed by atoms with E-state index in [0.717, 1.165) is 18.2 Å². The van der Waals surface area contributed by atoms with Crippen LogP contribution in [-0.4, -0.2) is 37.6 Å². The topological polar surface area (TPSA) is 61.8 Å². The molecule has 0 saturated carbocycles. The second-order valence-corrected chi connectivity index (χ2v) is 7.83. The second-order valence-electron chi connectivity index (χ2n) is 5.69. The third-order valence-corrected chi connectivity index (χ3v) is 5.45. The molecule has 30 heavy (non-hydrogen) atoms. The van der Waals surface area contributed by atoms with Crippen LogP contribution in [-0.2, 0) is 0 Å². The number of allylic oxidation sites excluding steroid dienone is 4. The van der Waals surface area contributed by atoms with Crippen molar-refractivity contribution in [2.75, 3.05) is 0 Å². The Hall–Kier alpha value is -1.56. The number of aliphatic hydroxyl groups is 1. The Balaban J connectivity index is 2.90. The van der Waals surface area contributed by atoms with Crippen LogP contribution in [0.2, 0.25) is 0 Å². The van der Waals surface area contributed by atoms with Gasteiger partial charge in [0.25, 0.3) is 0 Å². The Morgan fingerprint density at radius 2 is 1.77 bits per heavy atom. The molecule has 1 N–H and O–H groups in total. The molecule has 1 aromatic heterocycles. The molecule has 166 valence electrons. The first-order valence-corrected chi connectivity index (χ1v) is 8.85. The zero-order chi connectivity index (χ0) is 23.3. The van der Waals surface area contributed by atoms with Crippen LogP contribution in [0.3, 0.4) is 0 Å². The summed E-state index contributed by atoms with van der Waals surface area (Å²) in [7, 11) is 0. The van der Waals surface area contributed by atoms with Crippen molar-refractivity contribution < 1.29 is 44.6 Å². The van der Waals surface area contributed by atoms with Crippen molar-refractivity contribution in [1.82, 2.24) is 9.78 Å². The molecule has 1 aliphatic carbocycles. The van der Waals surface area contributed by atoms with Crippen molar-refractivity contribution >= 4 is 35.0 Å². The largest absolute Gasteiger partial charge is 0.446 e. The predicted octanol–water partition coefficient (Wildman–Crippen LogP) is 5.74. The molecule has 0 bridgehead atoms. The highest BCUT2D eigenvalue weighted by Gasteiger charge is 2.61. The van der Waals surface area contributed by atoms with E-state index in [2.05, 4.69) is 5.10 Å². The fourth-order valence-electron chi connectivity index (χ4n) is 2.53. The lowest BCUT2D eigenvalue weighted by molar-refractivity contribution is -0.210. The Kier molecular flexibility index (Phi) is 6.46. The lowest BCUT2D eigenvalue weighted by Gasteiger charge is -2.37. The maximum atomic E-state index is 13.6. The molecule has 0 spiro atoms. The molecule has 0 fully saturated rings. The highest BCUT2D eigenvalue weighted by Crippen LogP contribution is 2.53. The molecule has 1 aliphatic rings.